The first kappa shape index (κ1) is 8.46. The van der Waals surface area contributed by atoms with E-state index in [4.69, 9.17) is 0 Å². The largest absolute Gasteiger partial charge is 0.226 e. The molecule has 0 amide bonds. The van der Waals surface area contributed by atoms with Gasteiger partial charge in [0.1, 0.15) is 0 Å². The molecule has 0 aromatic carbocycles. The Morgan fingerprint density at radius 3 is 1.62 bits per heavy atom. The lowest BCUT2D eigenvalue weighted by molar-refractivity contribution is 1.46. The van der Waals surface area contributed by atoms with E-state index in [2.05, 4.69) is 60.4 Å². The number of hydrogen-bond donors (Lipinski definition) is 0. The number of rotatable bonds is 0. The molecule has 0 saturated carbocycles. The van der Waals surface area contributed by atoms with Gasteiger partial charge in [-0.25, -0.2) is 0 Å². The zero-order chi connectivity index (χ0) is 10.5. The third-order valence-corrected chi connectivity index (χ3v) is 3.73. The van der Waals surface area contributed by atoms with E-state index >= 15 is 0 Å². The van der Waals surface area contributed by atoms with Gasteiger partial charge in [0.2, 0.25) is 13.4 Å². The summed E-state index contributed by atoms with van der Waals surface area (Å²) in [5.74, 6) is 9.19. The van der Waals surface area contributed by atoms with Crippen molar-refractivity contribution in [3.05, 3.63) is 82.4 Å². The van der Waals surface area contributed by atoms with Crippen molar-refractivity contribution in [2.75, 3.05) is 0 Å². The Morgan fingerprint density at radius 2 is 1.12 bits per heavy atom. The van der Waals surface area contributed by atoms with Crippen LogP contribution in [0.5, 0.6) is 0 Å². The second kappa shape index (κ2) is 2.91. The van der Waals surface area contributed by atoms with Crippen molar-refractivity contribution >= 4 is 13.4 Å². The van der Waals surface area contributed by atoms with Gasteiger partial charge in [-0.3, -0.25) is 0 Å². The van der Waals surface area contributed by atoms with Gasteiger partial charge in [-0.1, -0.05) is 47.4 Å². The molecule has 0 atom stereocenters. The minimum absolute atomic E-state index is 0.492. The molecular weight excluding hydrogens is 190 g/mol. The van der Waals surface area contributed by atoms with Crippen molar-refractivity contribution in [1.82, 2.24) is 0 Å². The molecule has 72 valence electrons. The fraction of sp³-hybridized carbons (Fsp3) is 0. The lowest BCUT2D eigenvalue weighted by Gasteiger charge is -2.32. The molecule has 0 aromatic heterocycles. The molecule has 4 aliphatic rings. The van der Waals surface area contributed by atoms with Gasteiger partial charge in [0.05, 0.1) is 0 Å². The smallest absolute Gasteiger partial charge is 0.106 e. The van der Waals surface area contributed by atoms with E-state index in [0.717, 1.165) is 0 Å². The average molecular weight is 200 g/mol. The number of allylic oxidation sites excluding steroid dienone is 10. The summed E-state index contributed by atoms with van der Waals surface area (Å²) in [5.41, 5.74) is 5.83. The van der Waals surface area contributed by atoms with Crippen LogP contribution in [-0.2, 0) is 0 Å². The summed E-state index contributed by atoms with van der Waals surface area (Å²) in [6.45, 7) is 0.984. The van der Waals surface area contributed by atoms with E-state index in [9.17, 15) is 0 Å². The summed E-state index contributed by atoms with van der Waals surface area (Å²) in [7, 11) is 0. The van der Waals surface area contributed by atoms with Crippen LogP contribution in [0.15, 0.2) is 82.4 Å². The highest BCUT2D eigenvalue weighted by Crippen LogP contribution is 2.38. The van der Waals surface area contributed by atoms with Gasteiger partial charge in [0.15, 0.2) is 0 Å². The molecule has 0 unspecified atom stereocenters. The van der Waals surface area contributed by atoms with Gasteiger partial charge in [0, 0.05) is 0 Å². The normalized spacial score (nSPS) is 23.5. The third-order valence-electron chi connectivity index (χ3n) is 3.73. The summed E-state index contributed by atoms with van der Waals surface area (Å²) in [5, 5.41) is 0. The molecule has 0 bridgehead atoms. The van der Waals surface area contributed by atoms with Crippen LogP contribution in [0.3, 0.4) is 0 Å². The lowest BCUT2D eigenvalue weighted by Crippen LogP contribution is -2.30. The highest BCUT2D eigenvalue weighted by molar-refractivity contribution is 6.86. The summed E-state index contributed by atoms with van der Waals surface area (Å²) < 4.78 is 0. The maximum atomic E-state index is 2.31. The topological polar surface area (TPSA) is 0 Å². The quantitative estimate of drug-likeness (QED) is 0.527. The van der Waals surface area contributed by atoms with Crippen LogP contribution >= 0.6 is 0 Å². The Kier molecular flexibility index (Phi) is 1.54. The Labute approximate surface area is 96.3 Å². The summed E-state index contributed by atoms with van der Waals surface area (Å²) in [6, 6.07) is 0. The van der Waals surface area contributed by atoms with Crippen LogP contribution < -0.4 is 0 Å². The minimum atomic E-state index is 0.492. The zero-order valence-electron chi connectivity index (χ0n) is 8.93. The second-order valence-corrected chi connectivity index (χ2v) is 4.61. The monoisotopic (exact) mass is 200 g/mol. The molecular formula is C14H10B2. The Balaban J connectivity index is 2.03. The maximum absolute atomic E-state index is 2.31. The lowest BCUT2D eigenvalue weighted by atomic mass is 9.29. The van der Waals surface area contributed by atoms with Crippen molar-refractivity contribution < 1.29 is 0 Å². The van der Waals surface area contributed by atoms with Crippen LogP contribution in [-0.4, -0.2) is 13.4 Å². The van der Waals surface area contributed by atoms with E-state index in [0.29, 0.717) is 13.4 Å². The second-order valence-electron chi connectivity index (χ2n) is 4.61. The maximum Gasteiger partial charge on any atom is 0.226 e. The fourth-order valence-electron chi connectivity index (χ4n) is 3.01. The SMILES string of the molecule is C1=CB2C=CC3=CC=CB4C=CC(=C1)C2=C43. The van der Waals surface area contributed by atoms with E-state index < -0.39 is 0 Å². The first-order chi connectivity index (χ1) is 7.93. The third kappa shape index (κ3) is 0.969. The van der Waals surface area contributed by atoms with Crippen molar-refractivity contribution in [2.45, 2.75) is 0 Å². The van der Waals surface area contributed by atoms with Gasteiger partial charge in [-0.2, -0.15) is 0 Å². The van der Waals surface area contributed by atoms with Gasteiger partial charge < -0.3 is 0 Å². The minimum Gasteiger partial charge on any atom is -0.106 e. The summed E-state index contributed by atoms with van der Waals surface area (Å²) >= 11 is 0. The van der Waals surface area contributed by atoms with Crippen LogP contribution in [0.25, 0.3) is 0 Å². The van der Waals surface area contributed by atoms with Crippen molar-refractivity contribution in [1.29, 1.82) is 0 Å². The molecule has 2 heteroatoms. The van der Waals surface area contributed by atoms with E-state index in [1.807, 2.05) is 0 Å². The van der Waals surface area contributed by atoms with Crippen LogP contribution in [0.2, 0.25) is 0 Å². The first-order valence-electron chi connectivity index (χ1n) is 5.82. The summed E-state index contributed by atoms with van der Waals surface area (Å²) in [6.07, 6.45) is 13.3. The van der Waals surface area contributed by atoms with Gasteiger partial charge in [-0.15, -0.1) is 23.9 Å². The van der Waals surface area contributed by atoms with E-state index in [1.54, 1.807) is 0 Å². The standard InChI is InChI=1S/C14H10B2/c1-3-11-5-10-16-8-2-4-12-6-9-15(7-1)13(11)14(12)16/h1-10H. The zero-order valence-corrected chi connectivity index (χ0v) is 8.93. The highest BCUT2D eigenvalue weighted by Gasteiger charge is 2.33. The molecule has 0 radical (unpaired) electrons. The van der Waals surface area contributed by atoms with E-state index in [1.165, 1.54) is 22.1 Å². The van der Waals surface area contributed by atoms with E-state index in [-0.39, 0.29) is 0 Å². The van der Waals surface area contributed by atoms with Crippen LogP contribution in [0, 0.1) is 0 Å². The molecule has 0 fully saturated rings. The molecule has 0 nitrogen and oxygen atoms in total. The first-order valence-corrected chi connectivity index (χ1v) is 5.82. The Morgan fingerprint density at radius 1 is 0.625 bits per heavy atom. The van der Waals surface area contributed by atoms with Crippen LogP contribution in [0.4, 0.5) is 0 Å². The Bertz CT molecular complexity index is 528. The summed E-state index contributed by atoms with van der Waals surface area (Å²) in [4.78, 5) is 0. The van der Waals surface area contributed by atoms with Crippen molar-refractivity contribution in [3.63, 3.8) is 0 Å². The number of hydrogen-bond acceptors (Lipinski definition) is 0. The van der Waals surface area contributed by atoms with Crippen molar-refractivity contribution in [3.8, 4) is 0 Å². The van der Waals surface area contributed by atoms with Crippen molar-refractivity contribution in [2.24, 2.45) is 0 Å². The Hall–Kier alpha value is -1.69. The molecule has 0 aromatic rings. The molecule has 16 heavy (non-hydrogen) atoms. The molecule has 4 heterocycles. The molecule has 0 spiro atoms. The molecule has 0 aliphatic carbocycles. The molecule has 4 aliphatic heterocycles. The molecule has 4 rings (SSSR count). The van der Waals surface area contributed by atoms with Gasteiger partial charge >= 0.3 is 0 Å². The highest BCUT2D eigenvalue weighted by atomic mass is 14.2. The predicted octanol–water partition coefficient (Wildman–Crippen LogP) is 2.64. The van der Waals surface area contributed by atoms with Gasteiger partial charge in [-0.05, 0) is 11.1 Å². The van der Waals surface area contributed by atoms with Gasteiger partial charge in [0.25, 0.3) is 0 Å². The molecule has 0 saturated heterocycles. The molecule has 0 N–H and O–H groups in total. The van der Waals surface area contributed by atoms with Crippen LogP contribution in [0.1, 0.15) is 0 Å². The average Bonchev–Trinajstić information content (AvgIpc) is 2.36. The predicted molar refractivity (Wildman–Crippen MR) is 71.3 cm³/mol. The fourth-order valence-corrected chi connectivity index (χ4v) is 3.01.